The average molecular weight is 410 g/mol. The van der Waals surface area contributed by atoms with Gasteiger partial charge in [0.1, 0.15) is 17.3 Å². The van der Waals surface area contributed by atoms with Crippen molar-refractivity contribution < 1.29 is 18.7 Å². The molecule has 6 heteroatoms. The quantitative estimate of drug-likeness (QED) is 0.820. The van der Waals surface area contributed by atoms with E-state index in [0.717, 1.165) is 31.6 Å². The fourth-order valence-corrected chi connectivity index (χ4v) is 5.45. The van der Waals surface area contributed by atoms with Crippen molar-refractivity contribution in [2.45, 2.75) is 12.8 Å². The fourth-order valence-electron chi connectivity index (χ4n) is 5.45. The SMILES string of the molecule is NCCc1ccc(Oc2ccc(F)c(C(=O)N3C[C@@H]4C[C@@H]5COC[C@@H]5[C@@H]4C3)c2)cc1. The molecule has 1 saturated carbocycles. The summed E-state index contributed by atoms with van der Waals surface area (Å²) in [7, 11) is 0. The van der Waals surface area contributed by atoms with Crippen molar-refractivity contribution in [3.05, 3.63) is 59.4 Å². The summed E-state index contributed by atoms with van der Waals surface area (Å²) in [5.74, 6) is 2.53. The van der Waals surface area contributed by atoms with Crippen LogP contribution in [0.3, 0.4) is 0 Å². The molecule has 0 unspecified atom stereocenters. The highest BCUT2D eigenvalue weighted by Gasteiger charge is 2.51. The average Bonchev–Trinajstić information content (AvgIpc) is 3.43. The number of hydrogen-bond donors (Lipinski definition) is 1. The Balaban J connectivity index is 1.29. The van der Waals surface area contributed by atoms with Crippen molar-refractivity contribution >= 4 is 5.91 Å². The molecule has 1 amide bonds. The lowest BCUT2D eigenvalue weighted by Crippen LogP contribution is -2.31. The van der Waals surface area contributed by atoms with Crippen molar-refractivity contribution in [2.24, 2.45) is 29.4 Å². The smallest absolute Gasteiger partial charge is 0.256 e. The first-order valence-corrected chi connectivity index (χ1v) is 10.8. The fraction of sp³-hybridized carbons (Fsp3) is 0.458. The number of amides is 1. The number of ether oxygens (including phenoxy) is 2. The molecule has 1 aliphatic carbocycles. The van der Waals surface area contributed by atoms with E-state index in [2.05, 4.69) is 0 Å². The summed E-state index contributed by atoms with van der Waals surface area (Å²) in [6, 6.07) is 12.0. The highest BCUT2D eigenvalue weighted by atomic mass is 19.1. The van der Waals surface area contributed by atoms with Gasteiger partial charge in [0.05, 0.1) is 12.2 Å². The van der Waals surface area contributed by atoms with E-state index < -0.39 is 5.82 Å². The molecule has 5 nitrogen and oxygen atoms in total. The summed E-state index contributed by atoms with van der Waals surface area (Å²) >= 11 is 0. The van der Waals surface area contributed by atoms with Crippen LogP contribution in [0.25, 0.3) is 0 Å². The number of carbonyl (C=O) groups is 1. The molecule has 5 rings (SSSR count). The van der Waals surface area contributed by atoms with Crippen molar-refractivity contribution in [3.8, 4) is 11.5 Å². The molecule has 4 atom stereocenters. The van der Waals surface area contributed by atoms with Crippen molar-refractivity contribution in [1.29, 1.82) is 0 Å². The van der Waals surface area contributed by atoms with Crippen molar-refractivity contribution in [3.63, 3.8) is 0 Å². The van der Waals surface area contributed by atoms with E-state index in [1.807, 2.05) is 29.2 Å². The van der Waals surface area contributed by atoms with Crippen LogP contribution in [0.15, 0.2) is 42.5 Å². The molecule has 2 heterocycles. The molecule has 2 saturated heterocycles. The van der Waals surface area contributed by atoms with Crippen LogP contribution in [0, 0.1) is 29.5 Å². The van der Waals surface area contributed by atoms with E-state index in [9.17, 15) is 9.18 Å². The third-order valence-electron chi connectivity index (χ3n) is 6.94. The van der Waals surface area contributed by atoms with E-state index >= 15 is 0 Å². The van der Waals surface area contributed by atoms with Crippen LogP contribution in [0.1, 0.15) is 22.3 Å². The monoisotopic (exact) mass is 410 g/mol. The molecule has 30 heavy (non-hydrogen) atoms. The Morgan fingerprint density at radius 3 is 2.67 bits per heavy atom. The molecule has 0 bridgehead atoms. The molecular formula is C24H27FN2O3. The standard InChI is InChI=1S/C24H27FN2O3/c25-23-6-5-19(30-18-3-1-15(2-4-18)7-8-26)10-20(23)24(28)27-11-16-9-17-13-29-14-22(17)21(16)12-27/h1-6,10,16-17,21-22H,7-9,11-14,26H2/t16-,17+,21+,22-/m0/s1. The van der Waals surface area contributed by atoms with E-state index in [0.29, 0.717) is 54.8 Å². The molecule has 2 aromatic carbocycles. The zero-order valence-electron chi connectivity index (χ0n) is 16.9. The van der Waals surface area contributed by atoms with Crippen LogP contribution in [0.4, 0.5) is 4.39 Å². The summed E-state index contributed by atoms with van der Waals surface area (Å²) in [5, 5.41) is 0. The highest BCUT2D eigenvalue weighted by molar-refractivity contribution is 5.95. The molecule has 0 radical (unpaired) electrons. The summed E-state index contributed by atoms with van der Waals surface area (Å²) < 4.78 is 26.0. The zero-order valence-corrected chi connectivity index (χ0v) is 16.9. The van der Waals surface area contributed by atoms with Gasteiger partial charge in [-0.25, -0.2) is 4.39 Å². The Kier molecular flexibility index (Phi) is 5.21. The summed E-state index contributed by atoms with van der Waals surface area (Å²) in [5.41, 5.74) is 6.79. The maximum atomic E-state index is 14.5. The van der Waals surface area contributed by atoms with Gasteiger partial charge in [-0.15, -0.1) is 0 Å². The predicted octanol–water partition coefficient (Wildman–Crippen LogP) is 3.47. The van der Waals surface area contributed by atoms with E-state index in [1.165, 1.54) is 12.1 Å². The number of nitrogens with two attached hydrogens (primary N) is 1. The van der Waals surface area contributed by atoms with Crippen molar-refractivity contribution in [1.82, 2.24) is 4.90 Å². The second kappa shape index (κ2) is 8.00. The topological polar surface area (TPSA) is 64.8 Å². The van der Waals surface area contributed by atoms with Gasteiger partial charge in [0.15, 0.2) is 0 Å². The van der Waals surface area contributed by atoms with Crippen LogP contribution in [0.2, 0.25) is 0 Å². The Bertz CT molecular complexity index is 933. The lowest BCUT2D eigenvalue weighted by atomic mass is 9.91. The normalized spacial score (nSPS) is 27.2. The molecular weight excluding hydrogens is 383 g/mol. The van der Waals surface area contributed by atoms with Gasteiger partial charge in [-0.3, -0.25) is 4.79 Å². The van der Waals surface area contributed by atoms with Crippen LogP contribution in [-0.2, 0) is 11.2 Å². The molecule has 2 N–H and O–H groups in total. The maximum absolute atomic E-state index is 14.5. The molecule has 2 aromatic rings. The predicted molar refractivity (Wildman–Crippen MR) is 111 cm³/mol. The minimum Gasteiger partial charge on any atom is -0.457 e. The van der Waals surface area contributed by atoms with Crippen LogP contribution in [-0.4, -0.2) is 43.7 Å². The lowest BCUT2D eigenvalue weighted by molar-refractivity contribution is 0.0769. The van der Waals surface area contributed by atoms with Gasteiger partial charge in [-0.05, 0) is 79.0 Å². The number of carbonyl (C=O) groups excluding carboxylic acids is 1. The first kappa shape index (κ1) is 19.5. The zero-order chi connectivity index (χ0) is 20.7. The first-order valence-electron chi connectivity index (χ1n) is 10.8. The van der Waals surface area contributed by atoms with E-state index in [4.69, 9.17) is 15.2 Å². The number of likely N-dealkylation sites (tertiary alicyclic amines) is 1. The minimum atomic E-state index is -0.509. The second-order valence-corrected chi connectivity index (χ2v) is 8.76. The molecule has 0 spiro atoms. The number of rotatable bonds is 5. The van der Waals surface area contributed by atoms with Gasteiger partial charge < -0.3 is 20.1 Å². The minimum absolute atomic E-state index is 0.0754. The maximum Gasteiger partial charge on any atom is 0.256 e. The van der Waals surface area contributed by atoms with Gasteiger partial charge in [0.25, 0.3) is 5.91 Å². The number of fused-ring (bicyclic) bond motifs is 3. The highest BCUT2D eigenvalue weighted by Crippen LogP contribution is 2.48. The summed E-state index contributed by atoms with van der Waals surface area (Å²) in [6.45, 7) is 3.66. The van der Waals surface area contributed by atoms with Gasteiger partial charge in [-0.2, -0.15) is 0 Å². The molecule has 2 aliphatic heterocycles. The lowest BCUT2D eigenvalue weighted by Gasteiger charge is -2.20. The molecule has 3 fully saturated rings. The first-order chi connectivity index (χ1) is 14.6. The second-order valence-electron chi connectivity index (χ2n) is 8.76. The molecule has 3 aliphatic rings. The van der Waals surface area contributed by atoms with Gasteiger partial charge in [0.2, 0.25) is 0 Å². The van der Waals surface area contributed by atoms with Gasteiger partial charge in [-0.1, -0.05) is 12.1 Å². The summed E-state index contributed by atoms with van der Waals surface area (Å²) in [6.07, 6.45) is 1.92. The third kappa shape index (κ3) is 3.59. The van der Waals surface area contributed by atoms with Crippen LogP contribution < -0.4 is 10.5 Å². The van der Waals surface area contributed by atoms with Gasteiger partial charge in [0, 0.05) is 19.7 Å². The Morgan fingerprint density at radius 1 is 1.07 bits per heavy atom. The van der Waals surface area contributed by atoms with Crippen LogP contribution in [0.5, 0.6) is 11.5 Å². The molecule has 158 valence electrons. The third-order valence-corrected chi connectivity index (χ3v) is 6.94. The largest absolute Gasteiger partial charge is 0.457 e. The van der Waals surface area contributed by atoms with E-state index in [1.54, 1.807) is 6.07 Å². The van der Waals surface area contributed by atoms with Crippen LogP contribution >= 0.6 is 0 Å². The van der Waals surface area contributed by atoms with Crippen molar-refractivity contribution in [2.75, 3.05) is 32.8 Å². The Labute approximate surface area is 176 Å². The number of benzene rings is 2. The summed E-state index contributed by atoms with van der Waals surface area (Å²) in [4.78, 5) is 14.9. The number of halogens is 1. The molecule has 0 aromatic heterocycles. The van der Waals surface area contributed by atoms with Gasteiger partial charge >= 0.3 is 0 Å². The number of hydrogen-bond acceptors (Lipinski definition) is 4. The Morgan fingerprint density at radius 2 is 1.87 bits per heavy atom. The number of nitrogens with zero attached hydrogens (tertiary/aromatic N) is 1. The van der Waals surface area contributed by atoms with E-state index in [-0.39, 0.29) is 11.5 Å². The Hall–Kier alpha value is -2.44.